The van der Waals surface area contributed by atoms with E-state index in [4.69, 9.17) is 4.52 Å². The molecule has 3 nitrogen and oxygen atoms in total. The van der Waals surface area contributed by atoms with Crippen molar-refractivity contribution in [1.82, 2.24) is 5.09 Å². The van der Waals surface area contributed by atoms with Gasteiger partial charge < -0.3 is 21.3 Å². The summed E-state index contributed by atoms with van der Waals surface area (Å²) in [6.07, 6.45) is 0. The van der Waals surface area contributed by atoms with Gasteiger partial charge in [0.1, 0.15) is 6.72 Å². The van der Waals surface area contributed by atoms with Crippen LogP contribution < -0.4 is 34.6 Å². The van der Waals surface area contributed by atoms with Gasteiger partial charge in [0.25, 0.3) is 0 Å². The Kier molecular flexibility index (Phi) is 10.5. The average Bonchev–Trinajstić information content (AvgIpc) is 1.84. The van der Waals surface area contributed by atoms with E-state index in [1.54, 1.807) is 6.92 Å². The summed E-state index contributed by atoms with van der Waals surface area (Å²) >= 11 is 4.68. The predicted molar refractivity (Wildman–Crippen MR) is 49.4 cm³/mol. The monoisotopic (exact) mass is 219 g/mol. The van der Waals surface area contributed by atoms with E-state index < -0.39 is 6.72 Å². The minimum atomic E-state index is -2.91. The van der Waals surface area contributed by atoms with Crippen LogP contribution >= 0.6 is 6.72 Å². The van der Waals surface area contributed by atoms with E-state index in [1.807, 2.05) is 13.8 Å². The van der Waals surface area contributed by atoms with Crippen molar-refractivity contribution in [2.75, 3.05) is 13.2 Å². The third kappa shape index (κ3) is 9.59. The molecule has 0 aliphatic heterocycles. The summed E-state index contributed by atoms with van der Waals surface area (Å²) in [6, 6.07) is 0. The predicted octanol–water partition coefficient (Wildman–Crippen LogP) is -1.07. The molecule has 1 unspecified atom stereocenters. The quantitative estimate of drug-likeness (QED) is 0.363. The van der Waals surface area contributed by atoms with Gasteiger partial charge in [0.2, 0.25) is 0 Å². The maximum Gasteiger partial charge on any atom is 1.00 e. The first-order valence-corrected chi connectivity index (χ1v) is 6.32. The fourth-order valence-electron chi connectivity index (χ4n) is 0.510. The molecule has 0 aromatic carbocycles. The fourth-order valence-corrected chi connectivity index (χ4v) is 2.07. The molecule has 0 aromatic heterocycles. The Balaban J connectivity index is 0. The van der Waals surface area contributed by atoms with Crippen LogP contribution in [0.3, 0.4) is 0 Å². The molecule has 0 aliphatic rings. The standard InChI is InChI=1S/C6H16NO2PS.Na/c1-4-9-10(8,11)7-5-6(2)3;/h6H,4-5H2,1-3H3,(H2,7,8,11);/q;+1/p-1. The van der Waals surface area contributed by atoms with Crippen molar-refractivity contribution in [3.8, 4) is 0 Å². The van der Waals surface area contributed by atoms with E-state index in [2.05, 4.69) is 17.3 Å². The second-order valence-electron chi connectivity index (χ2n) is 2.67. The van der Waals surface area contributed by atoms with E-state index in [-0.39, 0.29) is 29.6 Å². The molecule has 1 N–H and O–H groups in total. The third-order valence-electron chi connectivity index (χ3n) is 0.992. The smallest absolute Gasteiger partial charge is 0.673 e. The van der Waals surface area contributed by atoms with Crippen molar-refractivity contribution >= 4 is 19.0 Å². The molecule has 1 atom stereocenters. The van der Waals surface area contributed by atoms with Gasteiger partial charge in [-0.2, -0.15) is 0 Å². The first-order valence-electron chi connectivity index (χ1n) is 3.68. The Morgan fingerprint density at radius 1 is 1.58 bits per heavy atom. The van der Waals surface area contributed by atoms with Crippen LogP contribution in [-0.4, -0.2) is 13.2 Å². The molecule has 0 radical (unpaired) electrons. The van der Waals surface area contributed by atoms with Crippen LogP contribution in [0.1, 0.15) is 20.8 Å². The Morgan fingerprint density at radius 3 is 2.42 bits per heavy atom. The maximum absolute atomic E-state index is 11.2. The summed E-state index contributed by atoms with van der Waals surface area (Å²) in [5.41, 5.74) is 0. The molecule has 0 rings (SSSR count). The summed E-state index contributed by atoms with van der Waals surface area (Å²) < 4.78 is 16.0. The van der Waals surface area contributed by atoms with Gasteiger partial charge in [-0.15, -0.1) is 0 Å². The molecule has 0 amide bonds. The zero-order chi connectivity index (χ0) is 8.91. The molecular weight excluding hydrogens is 204 g/mol. The SMILES string of the molecule is CCOP(=O)([S-])NCC(C)C.[Na+]. The minimum Gasteiger partial charge on any atom is -0.673 e. The van der Waals surface area contributed by atoms with Gasteiger partial charge in [0, 0.05) is 6.54 Å². The molecular formula is C6H15NNaO2PS. The minimum absolute atomic E-state index is 0. The van der Waals surface area contributed by atoms with Crippen molar-refractivity contribution in [3.63, 3.8) is 0 Å². The molecule has 0 saturated heterocycles. The van der Waals surface area contributed by atoms with E-state index >= 15 is 0 Å². The Bertz CT molecular complexity index is 156. The van der Waals surface area contributed by atoms with E-state index in [0.717, 1.165) is 0 Å². The van der Waals surface area contributed by atoms with Gasteiger partial charge in [0.05, 0.1) is 6.61 Å². The fraction of sp³-hybridized carbons (Fsp3) is 1.00. The first-order chi connectivity index (χ1) is 4.98. The van der Waals surface area contributed by atoms with Crippen molar-refractivity contribution in [3.05, 3.63) is 0 Å². The summed E-state index contributed by atoms with van der Waals surface area (Å²) in [5.74, 6) is 0.437. The Hall–Kier alpha value is 1.50. The normalized spacial score (nSPS) is 15.4. The van der Waals surface area contributed by atoms with Crippen molar-refractivity contribution in [2.45, 2.75) is 20.8 Å². The van der Waals surface area contributed by atoms with Gasteiger partial charge in [0.15, 0.2) is 0 Å². The maximum atomic E-state index is 11.2. The van der Waals surface area contributed by atoms with E-state index in [1.165, 1.54) is 0 Å². The van der Waals surface area contributed by atoms with Crippen LogP contribution in [0, 0.1) is 5.92 Å². The zero-order valence-corrected chi connectivity index (χ0v) is 11.9. The summed E-state index contributed by atoms with van der Waals surface area (Å²) in [5, 5.41) is 2.71. The molecule has 0 heterocycles. The van der Waals surface area contributed by atoms with Crippen molar-refractivity contribution < 1.29 is 38.6 Å². The van der Waals surface area contributed by atoms with Gasteiger partial charge in [-0.1, -0.05) is 13.8 Å². The molecule has 68 valence electrons. The molecule has 12 heavy (non-hydrogen) atoms. The second-order valence-corrected chi connectivity index (χ2v) is 5.68. The first kappa shape index (κ1) is 15.9. The largest absolute Gasteiger partial charge is 1.00 e. The number of rotatable bonds is 5. The van der Waals surface area contributed by atoms with Gasteiger partial charge in [-0.25, -0.2) is 0 Å². The summed E-state index contributed by atoms with van der Waals surface area (Å²) in [6.45, 7) is 3.94. The number of hydrogen-bond acceptors (Lipinski definition) is 3. The van der Waals surface area contributed by atoms with Crippen LogP contribution in [0.2, 0.25) is 0 Å². The van der Waals surface area contributed by atoms with Gasteiger partial charge in [-0.3, -0.25) is 5.09 Å². The topological polar surface area (TPSA) is 38.3 Å². The van der Waals surface area contributed by atoms with E-state index in [9.17, 15) is 4.57 Å². The van der Waals surface area contributed by atoms with Crippen molar-refractivity contribution in [1.29, 1.82) is 0 Å². The van der Waals surface area contributed by atoms with Gasteiger partial charge >= 0.3 is 29.6 Å². The van der Waals surface area contributed by atoms with Crippen LogP contribution in [0.15, 0.2) is 0 Å². The van der Waals surface area contributed by atoms with Crippen molar-refractivity contribution in [2.24, 2.45) is 5.92 Å². The van der Waals surface area contributed by atoms with Crippen LogP contribution in [0.25, 0.3) is 0 Å². The van der Waals surface area contributed by atoms with Crippen LogP contribution in [0.4, 0.5) is 0 Å². The summed E-state index contributed by atoms with van der Waals surface area (Å²) in [4.78, 5) is 0. The number of hydrogen-bond donors (Lipinski definition) is 1. The molecule has 0 bridgehead atoms. The average molecular weight is 219 g/mol. The molecule has 6 heteroatoms. The Labute approximate surface area is 102 Å². The summed E-state index contributed by atoms with van der Waals surface area (Å²) in [7, 11) is 0. The van der Waals surface area contributed by atoms with Crippen LogP contribution in [0.5, 0.6) is 0 Å². The van der Waals surface area contributed by atoms with E-state index in [0.29, 0.717) is 19.1 Å². The zero-order valence-electron chi connectivity index (χ0n) is 8.16. The second kappa shape index (κ2) is 7.86. The van der Waals surface area contributed by atoms with Crippen LogP contribution in [-0.2, 0) is 21.3 Å². The number of nitrogens with one attached hydrogen (secondary N) is 1. The Morgan fingerprint density at radius 2 is 2.08 bits per heavy atom. The van der Waals surface area contributed by atoms with Gasteiger partial charge in [-0.05, 0) is 12.8 Å². The molecule has 0 saturated carbocycles. The molecule has 0 aliphatic carbocycles. The molecule has 0 aromatic rings. The molecule has 0 fully saturated rings. The third-order valence-corrected chi connectivity index (χ3v) is 2.86. The molecule has 0 spiro atoms.